The number of aromatic nitrogens is 5. The Balaban J connectivity index is 1.07. The minimum atomic E-state index is -0.172. The SMILES string of the molecule is O=C(Cc1ccccn1)Nc1ccc(C[C@H]2CC[C@@H](c3nnc(NC(=O)CC4CCCO4)s3)C2)nn1. The van der Waals surface area contributed by atoms with Gasteiger partial charge in [0.2, 0.25) is 16.9 Å². The number of hydrogen-bond acceptors (Lipinski definition) is 9. The van der Waals surface area contributed by atoms with Gasteiger partial charge >= 0.3 is 0 Å². The molecule has 0 aromatic carbocycles. The Labute approximate surface area is 213 Å². The summed E-state index contributed by atoms with van der Waals surface area (Å²) >= 11 is 1.47. The van der Waals surface area contributed by atoms with E-state index in [4.69, 9.17) is 4.74 Å². The fourth-order valence-corrected chi connectivity index (χ4v) is 5.71. The largest absolute Gasteiger partial charge is 0.378 e. The van der Waals surface area contributed by atoms with Gasteiger partial charge in [0.05, 0.1) is 24.6 Å². The zero-order valence-corrected chi connectivity index (χ0v) is 20.7. The van der Waals surface area contributed by atoms with Crippen LogP contribution in [-0.4, -0.2) is 49.9 Å². The quantitative estimate of drug-likeness (QED) is 0.450. The number of carbonyl (C=O) groups is 2. The third-order valence-corrected chi connectivity index (χ3v) is 7.57. The third-order valence-electron chi connectivity index (χ3n) is 6.57. The minimum Gasteiger partial charge on any atom is -0.378 e. The molecule has 1 saturated heterocycles. The van der Waals surface area contributed by atoms with Crippen molar-refractivity contribution in [3.8, 4) is 0 Å². The van der Waals surface area contributed by atoms with Crippen molar-refractivity contribution in [2.24, 2.45) is 5.92 Å². The zero-order chi connectivity index (χ0) is 24.7. The molecule has 1 aliphatic heterocycles. The van der Waals surface area contributed by atoms with Gasteiger partial charge in [0.1, 0.15) is 5.01 Å². The highest BCUT2D eigenvalue weighted by molar-refractivity contribution is 7.15. The van der Waals surface area contributed by atoms with Crippen LogP contribution in [0.25, 0.3) is 0 Å². The Hall–Kier alpha value is -3.31. The highest BCUT2D eigenvalue weighted by Gasteiger charge is 2.29. The van der Waals surface area contributed by atoms with Crippen LogP contribution in [0, 0.1) is 5.92 Å². The van der Waals surface area contributed by atoms with E-state index in [1.807, 2.05) is 24.3 Å². The summed E-state index contributed by atoms with van der Waals surface area (Å²) in [6, 6.07) is 9.20. The van der Waals surface area contributed by atoms with Crippen LogP contribution < -0.4 is 10.6 Å². The summed E-state index contributed by atoms with van der Waals surface area (Å²) in [5.41, 5.74) is 1.61. The molecule has 2 aliphatic rings. The predicted octanol–water partition coefficient (Wildman–Crippen LogP) is 3.54. The molecule has 1 aliphatic carbocycles. The molecule has 2 N–H and O–H groups in total. The van der Waals surface area contributed by atoms with Gasteiger partial charge in [-0.1, -0.05) is 17.4 Å². The van der Waals surface area contributed by atoms with Crippen molar-refractivity contribution in [3.05, 3.63) is 52.9 Å². The lowest BCUT2D eigenvalue weighted by atomic mass is 10.00. The van der Waals surface area contributed by atoms with Gasteiger partial charge in [0, 0.05) is 24.4 Å². The fourth-order valence-electron chi connectivity index (χ4n) is 4.80. The molecule has 36 heavy (non-hydrogen) atoms. The molecule has 1 unspecified atom stereocenters. The molecule has 0 bridgehead atoms. The molecule has 188 valence electrons. The van der Waals surface area contributed by atoms with Crippen molar-refractivity contribution in [1.29, 1.82) is 0 Å². The molecule has 3 aromatic rings. The van der Waals surface area contributed by atoms with E-state index in [1.54, 1.807) is 12.3 Å². The van der Waals surface area contributed by atoms with E-state index in [0.717, 1.165) is 55.8 Å². The normalized spacial score (nSPS) is 21.4. The van der Waals surface area contributed by atoms with Crippen molar-refractivity contribution in [1.82, 2.24) is 25.4 Å². The molecule has 0 spiro atoms. The van der Waals surface area contributed by atoms with Crippen LogP contribution in [-0.2, 0) is 27.2 Å². The molecule has 11 heteroatoms. The predicted molar refractivity (Wildman–Crippen MR) is 135 cm³/mol. The van der Waals surface area contributed by atoms with Gasteiger partial charge in [-0.05, 0) is 68.7 Å². The zero-order valence-electron chi connectivity index (χ0n) is 19.9. The monoisotopic (exact) mass is 507 g/mol. The summed E-state index contributed by atoms with van der Waals surface area (Å²) in [4.78, 5) is 28.6. The second kappa shape index (κ2) is 11.6. The van der Waals surface area contributed by atoms with Gasteiger partial charge in [-0.25, -0.2) is 0 Å². The van der Waals surface area contributed by atoms with Gasteiger partial charge in [-0.2, -0.15) is 5.10 Å². The summed E-state index contributed by atoms with van der Waals surface area (Å²) in [6.45, 7) is 0.739. The molecular formula is C25H29N7O3S. The number of nitrogens with one attached hydrogen (secondary N) is 2. The first kappa shape index (κ1) is 24.4. The molecule has 5 rings (SSSR count). The molecule has 0 radical (unpaired) electrons. The smallest absolute Gasteiger partial charge is 0.231 e. The Morgan fingerprint density at radius 2 is 1.92 bits per heavy atom. The van der Waals surface area contributed by atoms with E-state index in [1.165, 1.54) is 11.3 Å². The van der Waals surface area contributed by atoms with Crippen LogP contribution in [0.2, 0.25) is 0 Å². The van der Waals surface area contributed by atoms with Crippen LogP contribution in [0.3, 0.4) is 0 Å². The molecule has 1 saturated carbocycles. The van der Waals surface area contributed by atoms with Crippen molar-refractivity contribution >= 4 is 34.1 Å². The lowest BCUT2D eigenvalue weighted by molar-refractivity contribution is -0.118. The van der Waals surface area contributed by atoms with E-state index >= 15 is 0 Å². The number of carbonyl (C=O) groups excluding carboxylic acids is 2. The Morgan fingerprint density at radius 1 is 0.972 bits per heavy atom. The highest BCUT2D eigenvalue weighted by atomic mass is 32.1. The summed E-state index contributed by atoms with van der Waals surface area (Å²) in [7, 11) is 0. The Morgan fingerprint density at radius 3 is 2.69 bits per heavy atom. The van der Waals surface area contributed by atoms with Crippen LogP contribution in [0.5, 0.6) is 0 Å². The lowest BCUT2D eigenvalue weighted by Gasteiger charge is -2.09. The van der Waals surface area contributed by atoms with Gasteiger partial charge in [-0.3, -0.25) is 14.6 Å². The average molecular weight is 508 g/mol. The topological polar surface area (TPSA) is 132 Å². The number of rotatable bonds is 9. The maximum absolute atomic E-state index is 12.2. The Kier molecular flexibility index (Phi) is 7.87. The average Bonchev–Trinajstić information content (AvgIpc) is 3.64. The number of nitrogens with zero attached hydrogens (tertiary/aromatic N) is 5. The summed E-state index contributed by atoms with van der Waals surface area (Å²) < 4.78 is 5.53. The molecule has 2 amide bonds. The van der Waals surface area contributed by atoms with Crippen molar-refractivity contribution in [2.75, 3.05) is 17.2 Å². The van der Waals surface area contributed by atoms with Gasteiger partial charge in [0.15, 0.2) is 5.82 Å². The fraction of sp³-hybridized carbons (Fsp3) is 0.480. The third kappa shape index (κ3) is 6.67. The standard InChI is InChI=1S/C25H29N7O3S/c33-22(14-18-4-1-2-10-26-18)27-21-9-8-19(29-30-21)13-16-6-7-17(12-16)24-31-32-25(36-24)28-23(34)15-20-5-3-11-35-20/h1-2,4,8-10,16-17,20H,3,5-7,11-15H2,(H,27,30,33)(H,28,32,34)/t16-,17+,20?/m0/s1. The van der Waals surface area contributed by atoms with E-state index in [2.05, 4.69) is 36.0 Å². The van der Waals surface area contributed by atoms with Crippen LogP contribution in [0.1, 0.15) is 60.8 Å². The van der Waals surface area contributed by atoms with Gasteiger partial charge < -0.3 is 15.4 Å². The first-order valence-electron chi connectivity index (χ1n) is 12.4. The number of amides is 2. The van der Waals surface area contributed by atoms with Gasteiger partial charge in [-0.15, -0.1) is 15.3 Å². The number of anilines is 2. The first-order chi connectivity index (χ1) is 17.6. The Bertz CT molecular complexity index is 1170. The number of ether oxygens (including phenoxy) is 1. The van der Waals surface area contributed by atoms with E-state index in [0.29, 0.717) is 34.9 Å². The first-order valence-corrected chi connectivity index (χ1v) is 13.2. The summed E-state index contributed by atoms with van der Waals surface area (Å²) in [6.07, 6.45) is 8.15. The second-order valence-corrected chi connectivity index (χ2v) is 10.4. The summed E-state index contributed by atoms with van der Waals surface area (Å²) in [5.74, 6) is 1.02. The van der Waals surface area contributed by atoms with Crippen LogP contribution in [0.4, 0.5) is 10.9 Å². The lowest BCUT2D eigenvalue weighted by Crippen LogP contribution is -2.19. The summed E-state index contributed by atoms with van der Waals surface area (Å²) in [5, 5.41) is 24.2. The molecule has 10 nitrogen and oxygen atoms in total. The van der Waals surface area contributed by atoms with Crippen molar-refractivity contribution in [2.45, 2.75) is 63.4 Å². The van der Waals surface area contributed by atoms with Crippen molar-refractivity contribution < 1.29 is 14.3 Å². The van der Waals surface area contributed by atoms with E-state index < -0.39 is 0 Å². The highest BCUT2D eigenvalue weighted by Crippen LogP contribution is 2.41. The van der Waals surface area contributed by atoms with Gasteiger partial charge in [0.25, 0.3) is 0 Å². The molecule has 4 heterocycles. The van der Waals surface area contributed by atoms with Crippen LogP contribution in [0.15, 0.2) is 36.5 Å². The molecular weight excluding hydrogens is 478 g/mol. The molecule has 3 atom stereocenters. The maximum atomic E-state index is 12.2. The minimum absolute atomic E-state index is 0.0213. The number of pyridine rings is 1. The van der Waals surface area contributed by atoms with E-state index in [9.17, 15) is 9.59 Å². The molecule has 2 fully saturated rings. The van der Waals surface area contributed by atoms with E-state index in [-0.39, 0.29) is 24.3 Å². The maximum Gasteiger partial charge on any atom is 0.231 e. The number of hydrogen-bond donors (Lipinski definition) is 2. The molecule has 3 aromatic heterocycles. The van der Waals surface area contributed by atoms with Crippen molar-refractivity contribution in [3.63, 3.8) is 0 Å². The van der Waals surface area contributed by atoms with Crippen LogP contribution >= 0.6 is 11.3 Å². The second-order valence-electron chi connectivity index (χ2n) is 9.37.